The van der Waals surface area contributed by atoms with Crippen LogP contribution in [0.5, 0.6) is 0 Å². The van der Waals surface area contributed by atoms with Crippen LogP contribution < -0.4 is 20.4 Å². The molecule has 0 aromatic heterocycles. The third-order valence-electron chi connectivity index (χ3n) is 3.44. The summed E-state index contributed by atoms with van der Waals surface area (Å²) in [5.41, 5.74) is -3.60. The monoisotopic (exact) mass is 402 g/mol. The van der Waals surface area contributed by atoms with E-state index in [-0.39, 0.29) is 57.2 Å². The molecule has 0 saturated heterocycles. The van der Waals surface area contributed by atoms with Crippen LogP contribution in [0, 0.1) is 0 Å². The van der Waals surface area contributed by atoms with Crippen LogP contribution >= 0.6 is 0 Å². The highest BCUT2D eigenvalue weighted by Crippen LogP contribution is 2.18. The van der Waals surface area contributed by atoms with Crippen molar-refractivity contribution < 1.29 is 44.4 Å². The summed E-state index contributed by atoms with van der Waals surface area (Å²) in [6.45, 7) is 0. The van der Waals surface area contributed by atoms with Crippen molar-refractivity contribution >= 4 is 75.8 Å². The number of carboxylic acids is 4. The fourth-order valence-electron chi connectivity index (χ4n) is 2.23. The Morgan fingerprint density at radius 1 is 0.500 bits per heavy atom. The predicted octanol–water partition coefficient (Wildman–Crippen LogP) is -4.39. The van der Waals surface area contributed by atoms with Gasteiger partial charge in [0.15, 0.2) is 5.78 Å². The molecule has 0 heterocycles. The fourth-order valence-corrected chi connectivity index (χ4v) is 2.23. The molecule has 136 valence electrons. The van der Waals surface area contributed by atoms with Gasteiger partial charge in [0.25, 0.3) is 0 Å². The van der Waals surface area contributed by atoms with Gasteiger partial charge in [0.1, 0.15) is 0 Å². The number of carbonyl (C=O) groups excluding carboxylic acids is 5. The fraction of sp³-hybridized carbons (Fsp3) is 0. The average molecular weight is 403 g/mol. The van der Waals surface area contributed by atoms with E-state index in [0.717, 1.165) is 36.4 Å². The first-order valence-corrected chi connectivity index (χ1v) is 6.81. The zero-order chi connectivity index (χ0) is 19.6. The Hall–Kier alpha value is -2.48. The second kappa shape index (κ2) is 10.2. The van der Waals surface area contributed by atoms with Crippen molar-refractivity contribution in [3.63, 3.8) is 0 Å². The van der Waals surface area contributed by atoms with Crippen LogP contribution in [0.4, 0.5) is 0 Å². The third kappa shape index (κ3) is 5.28. The van der Waals surface area contributed by atoms with Crippen molar-refractivity contribution in [1.82, 2.24) is 0 Å². The predicted molar refractivity (Wildman–Crippen MR) is 85.1 cm³/mol. The highest BCUT2D eigenvalue weighted by atomic mass is 24.3. The third-order valence-corrected chi connectivity index (χ3v) is 3.44. The number of carboxylic acid groups (broad SMARTS) is 4. The van der Waals surface area contributed by atoms with Crippen LogP contribution in [0.2, 0.25) is 0 Å². The average Bonchev–Trinajstić information content (AvgIpc) is 2.59. The van der Waals surface area contributed by atoms with Crippen molar-refractivity contribution in [3.8, 4) is 0 Å². The quantitative estimate of drug-likeness (QED) is 0.340. The van der Waals surface area contributed by atoms with Crippen molar-refractivity contribution in [2.45, 2.75) is 0 Å². The summed E-state index contributed by atoms with van der Waals surface area (Å²) in [5.74, 6) is -8.19. The van der Waals surface area contributed by atoms with Crippen LogP contribution in [0.15, 0.2) is 36.4 Å². The molecule has 28 heavy (non-hydrogen) atoms. The first-order chi connectivity index (χ1) is 12.1. The number of rotatable bonds is 6. The van der Waals surface area contributed by atoms with Gasteiger partial charge < -0.3 is 39.6 Å². The van der Waals surface area contributed by atoms with Gasteiger partial charge in [-0.25, -0.2) is 0 Å². The van der Waals surface area contributed by atoms with Gasteiger partial charge in [0, 0.05) is 79.5 Å². The van der Waals surface area contributed by atoms with Crippen molar-refractivity contribution in [1.29, 1.82) is 0 Å². The lowest BCUT2D eigenvalue weighted by Crippen LogP contribution is -2.31. The number of hydrogen-bond acceptors (Lipinski definition) is 9. The molecule has 0 unspecified atom stereocenters. The molecule has 0 atom stereocenters. The molecule has 2 aromatic carbocycles. The van der Waals surface area contributed by atoms with E-state index in [1.54, 1.807) is 0 Å². The molecule has 0 bridgehead atoms. The maximum absolute atomic E-state index is 12.4. The van der Waals surface area contributed by atoms with Crippen molar-refractivity contribution in [2.24, 2.45) is 0 Å². The van der Waals surface area contributed by atoms with Gasteiger partial charge >= 0.3 is 0 Å². The molecule has 11 heteroatoms. The maximum Gasteiger partial charge on any atom is 0.193 e. The zero-order valence-electron chi connectivity index (χ0n) is 14.1. The Balaban J connectivity index is 0.00000364. The molecular weight excluding hydrogens is 397 g/mol. The smallest absolute Gasteiger partial charge is 0.193 e. The van der Waals surface area contributed by atoms with E-state index in [2.05, 4.69) is 0 Å². The van der Waals surface area contributed by atoms with E-state index in [1.807, 2.05) is 0 Å². The largest absolute Gasteiger partial charge is 0.545 e. The Kier molecular flexibility index (Phi) is 9.27. The van der Waals surface area contributed by atoms with Gasteiger partial charge in [0.2, 0.25) is 0 Å². The van der Waals surface area contributed by atoms with Crippen LogP contribution in [-0.4, -0.2) is 75.8 Å². The molecule has 9 nitrogen and oxygen atoms in total. The Morgan fingerprint density at radius 3 is 1.04 bits per heavy atom. The normalized spacial score (nSPS) is 9.43. The standard InChI is InChI=1S/C17H10O9.2Mg/c18-13(7-1-3-9(14(19)20)11(5-7)16(23)24)8-2-4-10(15(21)22)12(6-8)17(25)26;;/h1-6H,(H,19,20)(H,21,22)(H,23,24)(H,25,26);;/p-4. The summed E-state index contributed by atoms with van der Waals surface area (Å²) in [7, 11) is 0. The SMILES string of the molecule is O=C(c1ccc(C(=O)[O-])c(C(=O)[O-])c1)c1ccc(C(=O)[O-])c(C(=O)[O-])c1.[Mg].[Mg]. The topological polar surface area (TPSA) is 178 Å². The lowest BCUT2D eigenvalue weighted by Gasteiger charge is -2.15. The molecule has 0 aliphatic carbocycles. The van der Waals surface area contributed by atoms with E-state index in [4.69, 9.17) is 0 Å². The molecule has 0 fully saturated rings. The summed E-state index contributed by atoms with van der Waals surface area (Å²) in [5, 5.41) is 43.8. The zero-order valence-corrected chi connectivity index (χ0v) is 16.9. The lowest BCUT2D eigenvalue weighted by atomic mass is 9.95. The Morgan fingerprint density at radius 2 is 0.786 bits per heavy atom. The molecule has 4 radical (unpaired) electrons. The molecule has 0 aliphatic rings. The summed E-state index contributed by atoms with van der Waals surface area (Å²) in [6.07, 6.45) is 0. The summed E-state index contributed by atoms with van der Waals surface area (Å²) in [6, 6.07) is 5.09. The summed E-state index contributed by atoms with van der Waals surface area (Å²) < 4.78 is 0. The highest BCUT2D eigenvalue weighted by Gasteiger charge is 2.15. The number of ketones is 1. The molecule has 0 spiro atoms. The first kappa shape index (κ1) is 25.5. The molecule has 0 saturated carbocycles. The second-order valence-corrected chi connectivity index (χ2v) is 5.00. The van der Waals surface area contributed by atoms with Crippen LogP contribution in [0.3, 0.4) is 0 Å². The van der Waals surface area contributed by atoms with Crippen LogP contribution in [0.25, 0.3) is 0 Å². The van der Waals surface area contributed by atoms with Crippen molar-refractivity contribution in [3.05, 3.63) is 69.8 Å². The van der Waals surface area contributed by atoms with Gasteiger partial charge in [-0.1, -0.05) is 24.3 Å². The van der Waals surface area contributed by atoms with E-state index in [1.165, 1.54) is 0 Å². The second-order valence-electron chi connectivity index (χ2n) is 5.00. The van der Waals surface area contributed by atoms with E-state index in [9.17, 15) is 44.4 Å². The Labute approximate surface area is 189 Å². The van der Waals surface area contributed by atoms with Crippen LogP contribution in [-0.2, 0) is 0 Å². The molecule has 2 aromatic rings. The number of aromatic carboxylic acids is 4. The van der Waals surface area contributed by atoms with Crippen molar-refractivity contribution in [2.75, 3.05) is 0 Å². The van der Waals surface area contributed by atoms with Gasteiger partial charge in [-0.2, -0.15) is 0 Å². The number of benzene rings is 2. The van der Waals surface area contributed by atoms with E-state index < -0.39 is 51.9 Å². The van der Waals surface area contributed by atoms with E-state index in [0.29, 0.717) is 0 Å². The number of carbonyl (C=O) groups is 5. The van der Waals surface area contributed by atoms with Gasteiger partial charge in [0.05, 0.1) is 23.9 Å². The van der Waals surface area contributed by atoms with Gasteiger partial charge in [-0.15, -0.1) is 0 Å². The minimum absolute atomic E-state index is 0. The minimum Gasteiger partial charge on any atom is -0.545 e. The minimum atomic E-state index is -1.86. The molecule has 0 amide bonds. The molecular formula is C17H6Mg2O9-4. The number of hydrogen-bond donors (Lipinski definition) is 0. The molecule has 0 N–H and O–H groups in total. The van der Waals surface area contributed by atoms with Gasteiger partial charge in [-0.3, -0.25) is 4.79 Å². The first-order valence-electron chi connectivity index (χ1n) is 6.81. The molecule has 2 rings (SSSR count). The lowest BCUT2D eigenvalue weighted by molar-refractivity contribution is -0.259. The van der Waals surface area contributed by atoms with E-state index >= 15 is 0 Å². The summed E-state index contributed by atoms with van der Waals surface area (Å²) >= 11 is 0. The molecule has 0 aliphatic heterocycles. The van der Waals surface area contributed by atoms with Gasteiger partial charge in [-0.05, 0) is 12.1 Å². The maximum atomic E-state index is 12.4. The summed E-state index contributed by atoms with van der Waals surface area (Å²) in [4.78, 5) is 56.2. The Bertz CT molecular complexity index is 905. The van der Waals surface area contributed by atoms with Crippen LogP contribution in [0.1, 0.15) is 57.4 Å². The highest BCUT2D eigenvalue weighted by molar-refractivity contribution is 6.12.